The first-order valence-corrected chi connectivity index (χ1v) is 7.64. The number of fused-ring (bicyclic) bond motifs is 1. The molecule has 0 radical (unpaired) electrons. The van der Waals surface area contributed by atoms with Gasteiger partial charge < -0.3 is 10.2 Å². The average Bonchev–Trinajstić information content (AvgIpc) is 2.49. The zero-order valence-corrected chi connectivity index (χ0v) is 12.8. The summed E-state index contributed by atoms with van der Waals surface area (Å²) >= 11 is 0. The van der Waals surface area contributed by atoms with E-state index in [2.05, 4.69) is 61.3 Å². The molecule has 1 N–H and O–H groups in total. The molecule has 0 fully saturated rings. The molecule has 0 aliphatic heterocycles. The van der Waals surface area contributed by atoms with Crippen LogP contribution in [0.25, 0.3) is 10.9 Å². The van der Waals surface area contributed by atoms with E-state index < -0.39 is 0 Å². The number of nitrogens with one attached hydrogen (secondary N) is 1. The lowest BCUT2D eigenvalue weighted by Crippen LogP contribution is -2.23. The molecule has 0 saturated carbocycles. The van der Waals surface area contributed by atoms with Crippen molar-refractivity contribution in [2.24, 2.45) is 0 Å². The number of nitrogens with zero attached hydrogens (tertiary/aromatic N) is 2. The summed E-state index contributed by atoms with van der Waals surface area (Å²) in [4.78, 5) is 7.17. The lowest BCUT2D eigenvalue weighted by atomic mass is 10.1. The summed E-state index contributed by atoms with van der Waals surface area (Å²) in [6.45, 7) is 10.5. The third-order valence-electron chi connectivity index (χ3n) is 3.58. The second-order valence-corrected chi connectivity index (χ2v) is 5.00. The quantitative estimate of drug-likeness (QED) is 0.780. The van der Waals surface area contributed by atoms with Crippen molar-refractivity contribution in [3.63, 3.8) is 0 Å². The third-order valence-corrected chi connectivity index (χ3v) is 3.58. The monoisotopic (exact) mass is 271 g/mol. The molecule has 0 spiro atoms. The second kappa shape index (κ2) is 7.25. The number of aromatic nitrogens is 1. The molecule has 0 bridgehead atoms. The Labute approximate surface area is 122 Å². The first-order chi connectivity index (χ1) is 9.80. The number of rotatable bonds is 7. The summed E-state index contributed by atoms with van der Waals surface area (Å²) < 4.78 is 0. The van der Waals surface area contributed by atoms with Gasteiger partial charge >= 0.3 is 0 Å². The van der Waals surface area contributed by atoms with E-state index in [9.17, 15) is 0 Å². The van der Waals surface area contributed by atoms with Gasteiger partial charge in [0.1, 0.15) is 0 Å². The predicted molar refractivity (Wildman–Crippen MR) is 87.3 cm³/mol. The van der Waals surface area contributed by atoms with Crippen molar-refractivity contribution >= 4 is 16.6 Å². The summed E-state index contributed by atoms with van der Waals surface area (Å²) in [5.41, 5.74) is 3.51. The maximum absolute atomic E-state index is 4.77. The molecule has 2 rings (SSSR count). The fourth-order valence-electron chi connectivity index (χ4n) is 2.52. The van der Waals surface area contributed by atoms with E-state index >= 15 is 0 Å². The number of hydrogen-bond donors (Lipinski definition) is 1. The number of benzene rings is 1. The van der Waals surface area contributed by atoms with E-state index in [4.69, 9.17) is 4.98 Å². The summed E-state index contributed by atoms with van der Waals surface area (Å²) in [5.74, 6) is 0. The number of hydrogen-bond acceptors (Lipinski definition) is 3. The topological polar surface area (TPSA) is 28.2 Å². The fourth-order valence-corrected chi connectivity index (χ4v) is 2.52. The first-order valence-electron chi connectivity index (χ1n) is 7.64. The maximum atomic E-state index is 4.77. The van der Waals surface area contributed by atoms with Gasteiger partial charge in [-0.2, -0.15) is 0 Å². The van der Waals surface area contributed by atoms with Gasteiger partial charge in [0.2, 0.25) is 0 Å². The van der Waals surface area contributed by atoms with Gasteiger partial charge in [0.25, 0.3) is 0 Å². The minimum Gasteiger partial charge on any atom is -0.371 e. The maximum Gasteiger partial charge on any atom is 0.0726 e. The molecule has 3 nitrogen and oxygen atoms in total. The number of anilines is 1. The Morgan fingerprint density at radius 2 is 1.85 bits per heavy atom. The van der Waals surface area contributed by atoms with Crippen LogP contribution in [0.4, 0.5) is 5.69 Å². The average molecular weight is 271 g/mol. The van der Waals surface area contributed by atoms with Gasteiger partial charge in [-0.1, -0.05) is 25.1 Å². The van der Waals surface area contributed by atoms with Crippen LogP contribution >= 0.6 is 0 Å². The van der Waals surface area contributed by atoms with Crippen LogP contribution in [0.1, 0.15) is 32.9 Å². The van der Waals surface area contributed by atoms with Crippen molar-refractivity contribution < 1.29 is 0 Å². The van der Waals surface area contributed by atoms with Crippen LogP contribution in [-0.4, -0.2) is 24.6 Å². The Hall–Kier alpha value is -1.61. The molecule has 0 saturated heterocycles. The van der Waals surface area contributed by atoms with Crippen LogP contribution in [0.3, 0.4) is 0 Å². The van der Waals surface area contributed by atoms with E-state index in [1.807, 2.05) is 0 Å². The van der Waals surface area contributed by atoms with Gasteiger partial charge in [-0.3, -0.25) is 4.98 Å². The molecule has 1 aromatic heterocycles. The SMILES string of the molecule is CCCNCc1cc(N(CC)CC)c2ccccc2n1. The van der Waals surface area contributed by atoms with Crippen LogP contribution in [0.5, 0.6) is 0 Å². The van der Waals surface area contributed by atoms with Crippen molar-refractivity contribution in [1.29, 1.82) is 0 Å². The highest BCUT2D eigenvalue weighted by atomic mass is 15.1. The van der Waals surface area contributed by atoms with Gasteiger partial charge in [0.15, 0.2) is 0 Å². The van der Waals surface area contributed by atoms with Gasteiger partial charge in [0, 0.05) is 30.7 Å². The molecule has 3 heteroatoms. The van der Waals surface area contributed by atoms with Crippen molar-refractivity contribution in [2.45, 2.75) is 33.7 Å². The van der Waals surface area contributed by atoms with Gasteiger partial charge in [-0.05, 0) is 38.9 Å². The van der Waals surface area contributed by atoms with Crippen LogP contribution in [-0.2, 0) is 6.54 Å². The minimum atomic E-state index is 0.840. The van der Waals surface area contributed by atoms with Gasteiger partial charge in [0.05, 0.1) is 11.2 Å². The molecular weight excluding hydrogens is 246 g/mol. The third kappa shape index (κ3) is 3.28. The first kappa shape index (κ1) is 14.8. The van der Waals surface area contributed by atoms with Gasteiger partial charge in [-0.25, -0.2) is 0 Å². The molecule has 1 heterocycles. The molecule has 108 valence electrons. The summed E-state index contributed by atoms with van der Waals surface area (Å²) in [6.07, 6.45) is 1.15. The van der Waals surface area contributed by atoms with Crippen LogP contribution in [0.15, 0.2) is 30.3 Å². The van der Waals surface area contributed by atoms with Crippen LogP contribution in [0, 0.1) is 0 Å². The molecule has 0 amide bonds. The van der Waals surface area contributed by atoms with E-state index in [1.165, 1.54) is 11.1 Å². The highest BCUT2D eigenvalue weighted by Gasteiger charge is 2.09. The molecule has 0 aliphatic rings. The molecular formula is C17H25N3. The Kier molecular flexibility index (Phi) is 5.36. The Balaban J connectivity index is 2.41. The highest BCUT2D eigenvalue weighted by molar-refractivity contribution is 5.91. The normalized spacial score (nSPS) is 10.9. The van der Waals surface area contributed by atoms with Crippen molar-refractivity contribution in [1.82, 2.24) is 10.3 Å². The molecule has 0 atom stereocenters. The summed E-state index contributed by atoms with van der Waals surface area (Å²) in [5, 5.41) is 4.68. The fraction of sp³-hybridized carbons (Fsp3) is 0.471. The van der Waals surface area contributed by atoms with Crippen molar-refractivity contribution in [3.8, 4) is 0 Å². The zero-order chi connectivity index (χ0) is 14.4. The molecule has 0 unspecified atom stereocenters. The lowest BCUT2D eigenvalue weighted by Gasteiger charge is -2.23. The largest absolute Gasteiger partial charge is 0.371 e. The smallest absolute Gasteiger partial charge is 0.0726 e. The zero-order valence-electron chi connectivity index (χ0n) is 12.8. The van der Waals surface area contributed by atoms with E-state index in [1.54, 1.807) is 0 Å². The second-order valence-electron chi connectivity index (χ2n) is 5.00. The number of pyridine rings is 1. The molecule has 1 aromatic carbocycles. The summed E-state index contributed by atoms with van der Waals surface area (Å²) in [7, 11) is 0. The summed E-state index contributed by atoms with van der Waals surface area (Å²) in [6, 6.07) is 10.7. The van der Waals surface area contributed by atoms with E-state index in [-0.39, 0.29) is 0 Å². The lowest BCUT2D eigenvalue weighted by molar-refractivity contribution is 0.665. The highest BCUT2D eigenvalue weighted by Crippen LogP contribution is 2.26. The van der Waals surface area contributed by atoms with Crippen molar-refractivity contribution in [3.05, 3.63) is 36.0 Å². The van der Waals surface area contributed by atoms with Crippen molar-refractivity contribution in [2.75, 3.05) is 24.5 Å². The van der Waals surface area contributed by atoms with Crippen LogP contribution < -0.4 is 10.2 Å². The van der Waals surface area contributed by atoms with Gasteiger partial charge in [-0.15, -0.1) is 0 Å². The van der Waals surface area contributed by atoms with E-state index in [0.29, 0.717) is 0 Å². The molecule has 2 aromatic rings. The Bertz CT molecular complexity index is 547. The Morgan fingerprint density at radius 3 is 2.55 bits per heavy atom. The predicted octanol–water partition coefficient (Wildman–Crippen LogP) is 3.58. The van der Waals surface area contributed by atoms with E-state index in [0.717, 1.165) is 43.8 Å². The molecule has 0 aliphatic carbocycles. The Morgan fingerprint density at radius 1 is 1.10 bits per heavy atom. The standard InChI is InChI=1S/C17H25N3/c1-4-11-18-13-14-12-17(20(5-2)6-3)15-9-7-8-10-16(15)19-14/h7-10,12,18H,4-6,11,13H2,1-3H3. The molecule has 20 heavy (non-hydrogen) atoms. The van der Waals surface area contributed by atoms with Crippen LogP contribution in [0.2, 0.25) is 0 Å². The minimum absolute atomic E-state index is 0.840. The number of para-hydroxylation sites is 1.